The molecule has 6 nitrogen and oxygen atoms in total. The van der Waals surface area contributed by atoms with E-state index in [1.807, 2.05) is 28.4 Å². The molecule has 5 rings (SSSR count). The molecule has 2 aliphatic heterocycles. The predicted molar refractivity (Wildman–Crippen MR) is 119 cm³/mol. The van der Waals surface area contributed by atoms with Crippen molar-refractivity contribution in [3.8, 4) is 0 Å². The van der Waals surface area contributed by atoms with Crippen molar-refractivity contribution in [1.29, 1.82) is 0 Å². The van der Waals surface area contributed by atoms with Crippen LogP contribution in [-0.4, -0.2) is 64.9 Å². The van der Waals surface area contributed by atoms with Crippen LogP contribution in [0, 0.1) is 0 Å². The number of fused-ring (bicyclic) bond motifs is 1. The second-order valence-corrected chi connectivity index (χ2v) is 8.75. The van der Waals surface area contributed by atoms with Gasteiger partial charge in [-0.1, -0.05) is 30.3 Å². The van der Waals surface area contributed by atoms with E-state index in [0.29, 0.717) is 19.6 Å². The Morgan fingerprint density at radius 1 is 0.967 bits per heavy atom. The summed E-state index contributed by atoms with van der Waals surface area (Å²) in [6, 6.07) is 14.8. The van der Waals surface area contributed by atoms with Gasteiger partial charge in [0.2, 0.25) is 11.9 Å². The zero-order chi connectivity index (χ0) is 20.3. The number of benzene rings is 1. The normalized spacial score (nSPS) is 19.5. The molecule has 7 heteroatoms. The number of amides is 1. The van der Waals surface area contributed by atoms with Gasteiger partial charge in [-0.05, 0) is 35.1 Å². The maximum atomic E-state index is 13.2. The number of hydrogen-bond acceptors (Lipinski definition) is 6. The van der Waals surface area contributed by atoms with Crippen molar-refractivity contribution in [2.24, 2.45) is 0 Å². The van der Waals surface area contributed by atoms with Gasteiger partial charge in [0.15, 0.2) is 0 Å². The van der Waals surface area contributed by atoms with Crippen LogP contribution in [0.3, 0.4) is 0 Å². The molecule has 1 saturated heterocycles. The highest BCUT2D eigenvalue weighted by atomic mass is 32.1. The Balaban J connectivity index is 1.27. The van der Waals surface area contributed by atoms with Crippen LogP contribution in [0.2, 0.25) is 0 Å². The number of aromatic nitrogens is 2. The third-order valence-corrected chi connectivity index (χ3v) is 6.98. The van der Waals surface area contributed by atoms with E-state index in [9.17, 15) is 4.79 Å². The van der Waals surface area contributed by atoms with Crippen LogP contribution in [0.1, 0.15) is 22.0 Å². The molecule has 1 unspecified atom stereocenters. The third-order valence-electron chi connectivity index (χ3n) is 5.99. The minimum atomic E-state index is 0.157. The lowest BCUT2D eigenvalue weighted by Gasteiger charge is -2.39. The molecule has 1 fully saturated rings. The van der Waals surface area contributed by atoms with Crippen LogP contribution >= 0.6 is 11.3 Å². The summed E-state index contributed by atoms with van der Waals surface area (Å²) >= 11 is 1.83. The SMILES string of the molecule is O=C(CN1CCc2sccc2C1c1ccccc1)N1CCN(c2ncccn2)CC1. The Labute approximate surface area is 180 Å². The van der Waals surface area contributed by atoms with Gasteiger partial charge in [0, 0.05) is 50.0 Å². The molecular weight excluding hydrogens is 394 g/mol. The largest absolute Gasteiger partial charge is 0.338 e. The monoisotopic (exact) mass is 419 g/mol. The number of carbonyl (C=O) groups excluding carboxylic acids is 1. The summed E-state index contributed by atoms with van der Waals surface area (Å²) in [6.45, 7) is 4.33. The average Bonchev–Trinajstić information content (AvgIpc) is 3.29. The second kappa shape index (κ2) is 8.53. The van der Waals surface area contributed by atoms with Gasteiger partial charge in [-0.3, -0.25) is 9.69 Å². The smallest absolute Gasteiger partial charge is 0.236 e. The number of nitrogens with zero attached hydrogens (tertiary/aromatic N) is 5. The standard InChI is InChI=1S/C23H25N5OS/c29-21(26-12-14-27(15-13-26)23-24-9-4-10-25-23)17-28-11-7-20-19(8-16-30-20)22(28)18-5-2-1-3-6-18/h1-6,8-10,16,22H,7,11-15,17H2. The number of hydrogen-bond donors (Lipinski definition) is 0. The Morgan fingerprint density at radius 3 is 2.50 bits per heavy atom. The predicted octanol–water partition coefficient (Wildman–Crippen LogP) is 2.83. The van der Waals surface area contributed by atoms with Crippen LogP contribution in [0.25, 0.3) is 0 Å². The van der Waals surface area contributed by atoms with E-state index in [0.717, 1.165) is 32.0 Å². The molecule has 4 heterocycles. The molecule has 0 bridgehead atoms. The fourth-order valence-electron chi connectivity index (χ4n) is 4.45. The summed E-state index contributed by atoms with van der Waals surface area (Å²) in [5, 5.41) is 2.18. The maximum Gasteiger partial charge on any atom is 0.236 e. The summed E-state index contributed by atoms with van der Waals surface area (Å²) in [7, 11) is 0. The summed E-state index contributed by atoms with van der Waals surface area (Å²) in [5.41, 5.74) is 2.62. The molecule has 154 valence electrons. The highest BCUT2D eigenvalue weighted by Crippen LogP contribution is 2.37. The Bertz CT molecular complexity index is 985. The molecule has 0 radical (unpaired) electrons. The van der Waals surface area contributed by atoms with Crippen molar-refractivity contribution in [2.75, 3.05) is 44.2 Å². The zero-order valence-corrected chi connectivity index (χ0v) is 17.7. The first-order chi connectivity index (χ1) is 14.8. The molecule has 1 amide bonds. The topological polar surface area (TPSA) is 52.6 Å². The number of thiophene rings is 1. The molecular formula is C23H25N5OS. The van der Waals surface area contributed by atoms with E-state index < -0.39 is 0 Å². The first-order valence-corrected chi connectivity index (χ1v) is 11.3. The maximum absolute atomic E-state index is 13.2. The van der Waals surface area contributed by atoms with Crippen LogP contribution in [0.5, 0.6) is 0 Å². The fraction of sp³-hybridized carbons (Fsp3) is 0.348. The van der Waals surface area contributed by atoms with Gasteiger partial charge in [0.05, 0.1) is 12.6 Å². The molecule has 0 spiro atoms. The molecule has 0 N–H and O–H groups in total. The van der Waals surface area contributed by atoms with Gasteiger partial charge in [0.25, 0.3) is 0 Å². The van der Waals surface area contributed by atoms with Crippen molar-refractivity contribution in [3.63, 3.8) is 0 Å². The number of carbonyl (C=O) groups is 1. The van der Waals surface area contributed by atoms with Gasteiger partial charge in [-0.2, -0.15) is 0 Å². The lowest BCUT2D eigenvalue weighted by atomic mass is 9.93. The Morgan fingerprint density at radius 2 is 1.73 bits per heavy atom. The minimum Gasteiger partial charge on any atom is -0.338 e. The van der Waals surface area contributed by atoms with Crippen LogP contribution in [0.4, 0.5) is 5.95 Å². The third kappa shape index (κ3) is 3.82. The van der Waals surface area contributed by atoms with E-state index in [2.05, 4.69) is 55.5 Å². The van der Waals surface area contributed by atoms with Crippen molar-refractivity contribution < 1.29 is 4.79 Å². The van der Waals surface area contributed by atoms with Crippen molar-refractivity contribution in [2.45, 2.75) is 12.5 Å². The van der Waals surface area contributed by atoms with Crippen molar-refractivity contribution >= 4 is 23.2 Å². The first-order valence-electron chi connectivity index (χ1n) is 10.4. The van der Waals surface area contributed by atoms with E-state index in [-0.39, 0.29) is 11.9 Å². The van der Waals surface area contributed by atoms with E-state index in [1.54, 1.807) is 12.4 Å². The van der Waals surface area contributed by atoms with Gasteiger partial charge >= 0.3 is 0 Å². The van der Waals surface area contributed by atoms with Crippen LogP contribution in [0.15, 0.2) is 60.2 Å². The first kappa shape index (κ1) is 19.2. The van der Waals surface area contributed by atoms with E-state index in [4.69, 9.17) is 0 Å². The molecule has 30 heavy (non-hydrogen) atoms. The summed E-state index contributed by atoms with van der Waals surface area (Å²) in [5.74, 6) is 0.956. The lowest BCUT2D eigenvalue weighted by Crippen LogP contribution is -2.52. The second-order valence-electron chi connectivity index (χ2n) is 7.75. The zero-order valence-electron chi connectivity index (χ0n) is 16.9. The molecule has 0 aliphatic carbocycles. The molecule has 2 aliphatic rings. The molecule has 3 aromatic rings. The summed E-state index contributed by atoms with van der Waals surface area (Å²) in [4.78, 5) is 29.8. The lowest BCUT2D eigenvalue weighted by molar-refractivity contribution is -0.133. The van der Waals surface area contributed by atoms with E-state index >= 15 is 0 Å². The Hall–Kier alpha value is -2.77. The van der Waals surface area contributed by atoms with Crippen molar-refractivity contribution in [3.05, 3.63) is 76.2 Å². The quantitative estimate of drug-likeness (QED) is 0.651. The van der Waals surface area contributed by atoms with Crippen LogP contribution in [-0.2, 0) is 11.2 Å². The molecule has 0 saturated carbocycles. The minimum absolute atomic E-state index is 0.157. The fourth-order valence-corrected chi connectivity index (χ4v) is 5.35. The molecule has 1 aromatic carbocycles. The van der Waals surface area contributed by atoms with Gasteiger partial charge in [-0.25, -0.2) is 9.97 Å². The summed E-state index contributed by atoms with van der Waals surface area (Å²) in [6.07, 6.45) is 4.54. The highest BCUT2D eigenvalue weighted by Gasteiger charge is 2.32. The molecule has 1 atom stereocenters. The highest BCUT2D eigenvalue weighted by molar-refractivity contribution is 7.10. The number of anilines is 1. The van der Waals surface area contributed by atoms with Gasteiger partial charge in [-0.15, -0.1) is 11.3 Å². The van der Waals surface area contributed by atoms with E-state index in [1.165, 1.54) is 16.0 Å². The van der Waals surface area contributed by atoms with Crippen LogP contribution < -0.4 is 4.90 Å². The van der Waals surface area contributed by atoms with Gasteiger partial charge < -0.3 is 9.80 Å². The molecule has 2 aromatic heterocycles. The number of piperazine rings is 1. The van der Waals surface area contributed by atoms with Gasteiger partial charge in [0.1, 0.15) is 0 Å². The number of rotatable bonds is 4. The average molecular weight is 420 g/mol. The Kier molecular flexibility index (Phi) is 5.46. The van der Waals surface area contributed by atoms with Crippen molar-refractivity contribution in [1.82, 2.24) is 19.8 Å². The summed E-state index contributed by atoms with van der Waals surface area (Å²) < 4.78 is 0.